The first-order valence-corrected chi connectivity index (χ1v) is 5.82. The van der Waals surface area contributed by atoms with Crippen LogP contribution in [0.2, 0.25) is 5.02 Å². The average Bonchev–Trinajstić information content (AvgIpc) is 3.01. The highest BCUT2D eigenvalue weighted by Gasteiger charge is 2.21. The van der Waals surface area contributed by atoms with Gasteiger partial charge in [-0.3, -0.25) is 0 Å². The van der Waals surface area contributed by atoms with Gasteiger partial charge in [-0.25, -0.2) is 4.99 Å². The fourth-order valence-corrected chi connectivity index (χ4v) is 1.69. The first-order chi connectivity index (χ1) is 7.65. The largest absolute Gasteiger partial charge is 0.370 e. The lowest BCUT2D eigenvalue weighted by atomic mass is 10.2. The van der Waals surface area contributed by atoms with Crippen molar-refractivity contribution in [3.05, 3.63) is 34.9 Å². The minimum absolute atomic E-state index is 0.460. The second-order valence-electron chi connectivity index (χ2n) is 4.20. The fraction of sp³-hybridized carbons (Fsp3) is 0.417. The Morgan fingerprint density at radius 2 is 2.31 bits per heavy atom. The summed E-state index contributed by atoms with van der Waals surface area (Å²) in [5, 5.41) is 0.753. The summed E-state index contributed by atoms with van der Waals surface area (Å²) in [5.41, 5.74) is 7.03. The minimum atomic E-state index is 0.460. The number of halogens is 1. The molecule has 0 atom stereocenters. The molecule has 4 heteroatoms. The third-order valence-electron chi connectivity index (χ3n) is 2.56. The van der Waals surface area contributed by atoms with Crippen LogP contribution in [0.3, 0.4) is 0 Å². The highest BCUT2D eigenvalue weighted by atomic mass is 35.5. The van der Waals surface area contributed by atoms with Crippen LogP contribution in [0.25, 0.3) is 0 Å². The molecule has 2 rings (SSSR count). The predicted molar refractivity (Wildman–Crippen MR) is 67.6 cm³/mol. The molecule has 16 heavy (non-hydrogen) atoms. The maximum atomic E-state index is 5.92. The van der Waals surface area contributed by atoms with E-state index < -0.39 is 0 Å². The second-order valence-corrected chi connectivity index (χ2v) is 4.64. The van der Waals surface area contributed by atoms with Crippen LogP contribution in [0.4, 0.5) is 0 Å². The van der Waals surface area contributed by atoms with E-state index in [0.717, 1.165) is 17.1 Å². The molecular formula is C12H16ClN3. The van der Waals surface area contributed by atoms with Crippen molar-refractivity contribution in [1.29, 1.82) is 0 Å². The molecule has 0 radical (unpaired) electrons. The lowest BCUT2D eigenvalue weighted by Gasteiger charge is -2.18. The number of aliphatic imine (C=N–C) groups is 1. The van der Waals surface area contributed by atoms with Crippen molar-refractivity contribution in [3.8, 4) is 0 Å². The highest BCUT2D eigenvalue weighted by Crippen LogP contribution is 2.23. The van der Waals surface area contributed by atoms with E-state index in [4.69, 9.17) is 17.3 Å². The molecule has 0 aliphatic heterocycles. The summed E-state index contributed by atoms with van der Waals surface area (Å²) in [6, 6.07) is 8.25. The molecule has 1 aliphatic carbocycles. The first kappa shape index (κ1) is 11.3. The number of rotatable bonds is 3. The van der Waals surface area contributed by atoms with Crippen molar-refractivity contribution in [3.63, 3.8) is 0 Å². The fourth-order valence-electron chi connectivity index (χ4n) is 1.48. The van der Waals surface area contributed by atoms with E-state index in [1.807, 2.05) is 36.2 Å². The van der Waals surface area contributed by atoms with Gasteiger partial charge in [0, 0.05) is 18.6 Å². The zero-order chi connectivity index (χ0) is 11.5. The number of nitrogens with zero attached hydrogens (tertiary/aromatic N) is 2. The van der Waals surface area contributed by atoms with Gasteiger partial charge in [-0.2, -0.15) is 0 Å². The Hall–Kier alpha value is -1.22. The molecule has 0 saturated heterocycles. The van der Waals surface area contributed by atoms with Crippen molar-refractivity contribution in [1.82, 2.24) is 4.90 Å². The minimum Gasteiger partial charge on any atom is -0.370 e. The number of hydrogen-bond acceptors (Lipinski definition) is 1. The molecule has 1 aromatic rings. The van der Waals surface area contributed by atoms with Gasteiger partial charge < -0.3 is 10.6 Å². The van der Waals surface area contributed by atoms with Crippen LogP contribution in [0.1, 0.15) is 18.4 Å². The summed E-state index contributed by atoms with van der Waals surface area (Å²) in [7, 11) is 1.95. The van der Waals surface area contributed by atoms with Gasteiger partial charge in [0.05, 0.1) is 6.04 Å². The molecule has 0 bridgehead atoms. The maximum absolute atomic E-state index is 5.92. The molecule has 0 heterocycles. The Morgan fingerprint density at radius 3 is 2.94 bits per heavy atom. The average molecular weight is 238 g/mol. The molecule has 1 saturated carbocycles. The third-order valence-corrected chi connectivity index (χ3v) is 2.80. The molecule has 0 spiro atoms. The van der Waals surface area contributed by atoms with Gasteiger partial charge in [0.25, 0.3) is 0 Å². The van der Waals surface area contributed by atoms with Crippen molar-refractivity contribution >= 4 is 17.6 Å². The van der Waals surface area contributed by atoms with Crippen molar-refractivity contribution in [2.24, 2.45) is 10.7 Å². The second kappa shape index (κ2) is 4.74. The Kier molecular flexibility index (Phi) is 3.34. The first-order valence-electron chi connectivity index (χ1n) is 5.44. The Morgan fingerprint density at radius 1 is 1.56 bits per heavy atom. The monoisotopic (exact) mass is 237 g/mol. The molecule has 3 nitrogen and oxygen atoms in total. The highest BCUT2D eigenvalue weighted by molar-refractivity contribution is 6.30. The molecule has 0 unspecified atom stereocenters. The lowest BCUT2D eigenvalue weighted by molar-refractivity contribution is 0.492. The molecule has 1 fully saturated rings. The molecular weight excluding hydrogens is 222 g/mol. The Bertz CT molecular complexity index is 399. The van der Waals surface area contributed by atoms with E-state index in [9.17, 15) is 0 Å². The Labute approximate surface area is 101 Å². The standard InChI is InChI=1S/C12H16ClN3/c1-16(12(14)15-11-5-6-11)8-9-3-2-4-10(13)7-9/h2-4,7,11H,5-6,8H2,1H3,(H2,14,15). The number of nitrogens with two attached hydrogens (primary N) is 1. The van der Waals surface area contributed by atoms with Gasteiger partial charge in [0.1, 0.15) is 0 Å². The molecule has 0 amide bonds. The third kappa shape index (κ3) is 3.14. The van der Waals surface area contributed by atoms with E-state index in [1.165, 1.54) is 12.8 Å². The van der Waals surface area contributed by atoms with Crippen molar-refractivity contribution in [2.75, 3.05) is 7.05 Å². The summed E-state index contributed by atoms with van der Waals surface area (Å²) in [5.74, 6) is 0.613. The van der Waals surface area contributed by atoms with Gasteiger partial charge in [-0.05, 0) is 30.5 Å². The van der Waals surface area contributed by atoms with Gasteiger partial charge >= 0.3 is 0 Å². The normalized spacial score (nSPS) is 16.2. The van der Waals surface area contributed by atoms with Crippen LogP contribution >= 0.6 is 11.6 Å². The summed E-state index contributed by atoms with van der Waals surface area (Å²) in [6.45, 7) is 0.739. The molecule has 2 N–H and O–H groups in total. The van der Waals surface area contributed by atoms with Gasteiger partial charge in [-0.15, -0.1) is 0 Å². The summed E-state index contributed by atoms with van der Waals surface area (Å²) >= 11 is 5.92. The Balaban J connectivity index is 1.98. The summed E-state index contributed by atoms with van der Waals surface area (Å²) in [4.78, 5) is 6.34. The maximum Gasteiger partial charge on any atom is 0.191 e. The van der Waals surface area contributed by atoms with Crippen LogP contribution in [-0.4, -0.2) is 23.9 Å². The smallest absolute Gasteiger partial charge is 0.191 e. The van der Waals surface area contributed by atoms with E-state index >= 15 is 0 Å². The van der Waals surface area contributed by atoms with Crippen molar-refractivity contribution in [2.45, 2.75) is 25.4 Å². The summed E-state index contributed by atoms with van der Waals surface area (Å²) < 4.78 is 0. The van der Waals surface area contributed by atoms with Crippen LogP contribution in [0.5, 0.6) is 0 Å². The van der Waals surface area contributed by atoms with Crippen molar-refractivity contribution < 1.29 is 0 Å². The van der Waals surface area contributed by atoms with Crippen LogP contribution in [-0.2, 0) is 6.54 Å². The van der Waals surface area contributed by atoms with Gasteiger partial charge in [0.2, 0.25) is 0 Å². The van der Waals surface area contributed by atoms with Gasteiger partial charge in [-0.1, -0.05) is 23.7 Å². The zero-order valence-electron chi connectivity index (χ0n) is 9.36. The van der Waals surface area contributed by atoms with E-state index in [0.29, 0.717) is 12.0 Å². The SMILES string of the molecule is CN(Cc1cccc(Cl)c1)C(N)=NC1CC1. The van der Waals surface area contributed by atoms with E-state index in [-0.39, 0.29) is 0 Å². The predicted octanol–water partition coefficient (Wildman–Crippen LogP) is 2.25. The van der Waals surface area contributed by atoms with Crippen LogP contribution in [0, 0.1) is 0 Å². The number of benzene rings is 1. The van der Waals surface area contributed by atoms with Crippen LogP contribution < -0.4 is 5.73 Å². The van der Waals surface area contributed by atoms with E-state index in [2.05, 4.69) is 4.99 Å². The number of guanidine groups is 1. The van der Waals surface area contributed by atoms with E-state index in [1.54, 1.807) is 0 Å². The molecule has 1 aromatic carbocycles. The zero-order valence-corrected chi connectivity index (χ0v) is 10.1. The van der Waals surface area contributed by atoms with Gasteiger partial charge in [0.15, 0.2) is 5.96 Å². The topological polar surface area (TPSA) is 41.6 Å². The molecule has 86 valence electrons. The molecule has 0 aromatic heterocycles. The number of hydrogen-bond donors (Lipinski definition) is 1. The van der Waals surface area contributed by atoms with Crippen LogP contribution in [0.15, 0.2) is 29.3 Å². The molecule has 1 aliphatic rings. The quantitative estimate of drug-likeness (QED) is 0.647. The lowest BCUT2D eigenvalue weighted by Crippen LogP contribution is -2.33. The summed E-state index contributed by atoms with van der Waals surface area (Å²) in [6.07, 6.45) is 2.34.